The van der Waals surface area contributed by atoms with E-state index in [-0.39, 0.29) is 5.91 Å². The number of hydrogen-bond acceptors (Lipinski definition) is 7. The second kappa shape index (κ2) is 7.46. The number of methoxy groups -OCH3 is 1. The maximum absolute atomic E-state index is 12.9. The van der Waals surface area contributed by atoms with Gasteiger partial charge in [-0.15, -0.1) is 5.10 Å². The van der Waals surface area contributed by atoms with Crippen molar-refractivity contribution in [1.29, 1.82) is 0 Å². The van der Waals surface area contributed by atoms with Gasteiger partial charge in [0, 0.05) is 32.6 Å². The number of ether oxygens (including phenoxy) is 1. The number of hydrogen-bond donors (Lipinski definition) is 0. The Hall–Kier alpha value is -2.39. The third-order valence-corrected chi connectivity index (χ3v) is 4.97. The molecule has 0 N–H and O–H groups in total. The Balaban J connectivity index is 1.86. The van der Waals surface area contributed by atoms with E-state index in [0.29, 0.717) is 31.8 Å². The molecule has 0 radical (unpaired) electrons. The van der Waals surface area contributed by atoms with Crippen molar-refractivity contribution < 1.29 is 9.53 Å². The van der Waals surface area contributed by atoms with Crippen LogP contribution in [0.3, 0.4) is 0 Å². The van der Waals surface area contributed by atoms with Crippen molar-refractivity contribution in [3.05, 3.63) is 35.4 Å². The molecule has 0 aliphatic carbocycles. The number of aromatic nitrogens is 5. The van der Waals surface area contributed by atoms with Gasteiger partial charge in [0.25, 0.3) is 5.91 Å². The second-order valence-corrected chi connectivity index (χ2v) is 6.87. The van der Waals surface area contributed by atoms with Gasteiger partial charge in [0.1, 0.15) is 5.54 Å². The molecule has 0 aromatic carbocycles. The number of aryl methyl sites for hydroxylation is 1. The first-order valence-electron chi connectivity index (χ1n) is 8.62. The Bertz CT molecular complexity index is 776. The van der Waals surface area contributed by atoms with Crippen molar-refractivity contribution in [3.8, 4) is 0 Å². The van der Waals surface area contributed by atoms with Gasteiger partial charge in [-0.3, -0.25) is 14.7 Å². The third kappa shape index (κ3) is 3.32. The summed E-state index contributed by atoms with van der Waals surface area (Å²) in [5.74, 6) is 0.748. The van der Waals surface area contributed by atoms with Gasteiger partial charge in [0.2, 0.25) is 0 Å². The van der Waals surface area contributed by atoms with Gasteiger partial charge < -0.3 is 9.64 Å². The van der Waals surface area contributed by atoms with Crippen LogP contribution in [0.25, 0.3) is 0 Å². The van der Waals surface area contributed by atoms with Crippen LogP contribution in [0.4, 0.5) is 0 Å². The van der Waals surface area contributed by atoms with E-state index in [9.17, 15) is 4.79 Å². The molecular weight excluding hydrogens is 334 g/mol. The summed E-state index contributed by atoms with van der Waals surface area (Å²) < 4.78 is 6.92. The van der Waals surface area contributed by atoms with E-state index in [0.717, 1.165) is 17.8 Å². The van der Waals surface area contributed by atoms with Crippen molar-refractivity contribution in [2.24, 2.45) is 0 Å². The lowest BCUT2D eigenvalue weighted by Crippen LogP contribution is -2.47. The highest BCUT2D eigenvalue weighted by molar-refractivity contribution is 5.94. The third-order valence-electron chi connectivity index (χ3n) is 4.97. The lowest BCUT2D eigenvalue weighted by molar-refractivity contribution is 0.0736. The van der Waals surface area contributed by atoms with Gasteiger partial charge >= 0.3 is 0 Å². The Morgan fingerprint density at radius 1 is 1.38 bits per heavy atom. The van der Waals surface area contributed by atoms with E-state index in [2.05, 4.69) is 25.4 Å². The van der Waals surface area contributed by atoms with Crippen LogP contribution in [0.15, 0.2) is 18.5 Å². The molecule has 1 amide bonds. The van der Waals surface area contributed by atoms with Crippen molar-refractivity contribution in [3.63, 3.8) is 0 Å². The highest BCUT2D eigenvalue weighted by Crippen LogP contribution is 2.35. The Morgan fingerprint density at radius 2 is 2.19 bits per heavy atom. The fraction of sp³-hybridized carbons (Fsp3) is 0.588. The van der Waals surface area contributed by atoms with Crippen LogP contribution in [-0.2, 0) is 16.8 Å². The minimum Gasteiger partial charge on any atom is -0.383 e. The first kappa shape index (κ1) is 18.4. The zero-order valence-corrected chi connectivity index (χ0v) is 15.7. The van der Waals surface area contributed by atoms with Crippen LogP contribution in [0.1, 0.15) is 28.2 Å². The van der Waals surface area contributed by atoms with Gasteiger partial charge in [0.05, 0.1) is 18.7 Å². The molecule has 0 saturated carbocycles. The first-order chi connectivity index (χ1) is 12.5. The second-order valence-electron chi connectivity index (χ2n) is 6.87. The zero-order valence-electron chi connectivity index (χ0n) is 15.7. The van der Waals surface area contributed by atoms with E-state index in [4.69, 9.17) is 4.74 Å². The van der Waals surface area contributed by atoms with Gasteiger partial charge in [-0.25, -0.2) is 4.68 Å². The molecule has 0 bridgehead atoms. The summed E-state index contributed by atoms with van der Waals surface area (Å²) in [5, 5.41) is 12.2. The summed E-state index contributed by atoms with van der Waals surface area (Å²) in [6.07, 6.45) is 4.13. The summed E-state index contributed by atoms with van der Waals surface area (Å²) in [6.45, 7) is 4.20. The SMILES string of the molecule is COCCn1nnnc1C1(N(C)C)CCN(C(=O)c2cncc(C)c2)C1. The summed E-state index contributed by atoms with van der Waals surface area (Å²) in [4.78, 5) is 21.0. The summed E-state index contributed by atoms with van der Waals surface area (Å²) >= 11 is 0. The molecule has 0 spiro atoms. The normalized spacial score (nSPS) is 20.1. The monoisotopic (exact) mass is 359 g/mol. The molecule has 3 rings (SSSR count). The number of likely N-dealkylation sites (tertiary alicyclic amines) is 1. The Labute approximate surface area is 152 Å². The predicted octanol–water partition coefficient (Wildman–Crippen LogP) is 0.326. The van der Waals surface area contributed by atoms with Crippen LogP contribution >= 0.6 is 0 Å². The number of nitrogens with zero attached hydrogens (tertiary/aromatic N) is 7. The first-order valence-corrected chi connectivity index (χ1v) is 8.62. The predicted molar refractivity (Wildman–Crippen MR) is 94.6 cm³/mol. The number of likely N-dealkylation sites (N-methyl/N-ethyl adjacent to an activating group) is 1. The van der Waals surface area contributed by atoms with E-state index >= 15 is 0 Å². The molecule has 1 atom stereocenters. The number of amides is 1. The molecule has 9 nitrogen and oxygen atoms in total. The average molecular weight is 359 g/mol. The van der Waals surface area contributed by atoms with Crippen molar-refractivity contribution in [2.45, 2.75) is 25.4 Å². The summed E-state index contributed by atoms with van der Waals surface area (Å²) in [5.41, 5.74) is 1.15. The van der Waals surface area contributed by atoms with Crippen LogP contribution in [0.5, 0.6) is 0 Å². The summed E-state index contributed by atoms with van der Waals surface area (Å²) in [6, 6.07) is 1.87. The highest BCUT2D eigenvalue weighted by Gasteiger charge is 2.47. The van der Waals surface area contributed by atoms with Crippen LogP contribution in [0, 0.1) is 6.92 Å². The van der Waals surface area contributed by atoms with Crippen LogP contribution in [-0.4, -0.2) is 81.8 Å². The molecule has 1 fully saturated rings. The fourth-order valence-corrected chi connectivity index (χ4v) is 3.44. The Morgan fingerprint density at radius 3 is 2.88 bits per heavy atom. The van der Waals surface area contributed by atoms with Crippen molar-refractivity contribution in [2.75, 3.05) is 40.9 Å². The average Bonchev–Trinajstić information content (AvgIpc) is 3.27. The lowest BCUT2D eigenvalue weighted by atomic mass is 9.96. The number of tetrazole rings is 1. The Kier molecular flexibility index (Phi) is 5.28. The number of rotatable bonds is 6. The maximum atomic E-state index is 12.9. The molecule has 1 saturated heterocycles. The van der Waals surface area contributed by atoms with Crippen molar-refractivity contribution in [1.82, 2.24) is 35.0 Å². The maximum Gasteiger partial charge on any atom is 0.255 e. The smallest absolute Gasteiger partial charge is 0.255 e. The fourth-order valence-electron chi connectivity index (χ4n) is 3.44. The van der Waals surface area contributed by atoms with Gasteiger partial charge in [-0.1, -0.05) is 0 Å². The van der Waals surface area contributed by atoms with Gasteiger partial charge in [-0.2, -0.15) is 0 Å². The quantitative estimate of drug-likeness (QED) is 0.734. The highest BCUT2D eigenvalue weighted by atomic mass is 16.5. The lowest BCUT2D eigenvalue weighted by Gasteiger charge is -2.34. The topological polar surface area (TPSA) is 89.3 Å². The van der Waals surface area contributed by atoms with Gasteiger partial charge in [0.15, 0.2) is 5.82 Å². The summed E-state index contributed by atoms with van der Waals surface area (Å²) in [7, 11) is 5.65. The molecule has 140 valence electrons. The number of carbonyl (C=O) groups is 1. The van der Waals surface area contributed by atoms with Crippen molar-refractivity contribution >= 4 is 5.91 Å². The van der Waals surface area contributed by atoms with E-state index in [1.807, 2.05) is 32.0 Å². The van der Waals surface area contributed by atoms with E-state index in [1.54, 1.807) is 24.2 Å². The largest absolute Gasteiger partial charge is 0.383 e. The van der Waals surface area contributed by atoms with Crippen LogP contribution < -0.4 is 0 Å². The van der Waals surface area contributed by atoms with E-state index < -0.39 is 5.54 Å². The molecular formula is C17H25N7O2. The standard InChI is InChI=1S/C17H25N7O2/c1-13-9-14(11-18-10-13)15(25)23-6-5-17(12-23,22(2)3)16-19-20-21-24(16)7-8-26-4/h9-11H,5-8,12H2,1-4H3. The molecule has 3 heterocycles. The molecule has 2 aromatic heterocycles. The number of pyridine rings is 1. The molecule has 1 aliphatic rings. The van der Waals surface area contributed by atoms with Gasteiger partial charge in [-0.05, 0) is 49.5 Å². The number of carbonyl (C=O) groups excluding carboxylic acids is 1. The minimum absolute atomic E-state index is 0.0131. The van der Waals surface area contributed by atoms with E-state index in [1.165, 1.54) is 0 Å². The molecule has 9 heteroatoms. The molecule has 26 heavy (non-hydrogen) atoms. The molecule has 2 aromatic rings. The molecule has 1 unspecified atom stereocenters. The molecule has 1 aliphatic heterocycles. The van der Waals surface area contributed by atoms with Crippen LogP contribution in [0.2, 0.25) is 0 Å². The zero-order chi connectivity index (χ0) is 18.7. The minimum atomic E-state index is -0.426.